The Bertz CT molecular complexity index is 676. The quantitative estimate of drug-likeness (QED) is 0.874. The zero-order valence-corrected chi connectivity index (χ0v) is 13.8. The van der Waals surface area contributed by atoms with E-state index < -0.39 is 0 Å². The maximum Gasteiger partial charge on any atom is 0.227 e. The highest BCUT2D eigenvalue weighted by Crippen LogP contribution is 2.24. The summed E-state index contributed by atoms with van der Waals surface area (Å²) < 4.78 is 0. The summed E-state index contributed by atoms with van der Waals surface area (Å²) in [7, 11) is 0. The number of aromatic nitrogens is 1. The fraction of sp³-hybridized carbons (Fsp3) is 0.368. The molecule has 4 nitrogen and oxygen atoms in total. The van der Waals surface area contributed by atoms with Crippen LogP contribution >= 0.6 is 0 Å². The van der Waals surface area contributed by atoms with Crippen molar-refractivity contribution in [3.63, 3.8) is 0 Å². The molecule has 0 aliphatic carbocycles. The summed E-state index contributed by atoms with van der Waals surface area (Å²) in [5, 5.41) is 0. The molecule has 3 rings (SSSR count). The summed E-state index contributed by atoms with van der Waals surface area (Å²) >= 11 is 0. The van der Waals surface area contributed by atoms with Crippen molar-refractivity contribution in [2.45, 2.75) is 20.3 Å². The lowest BCUT2D eigenvalue weighted by molar-refractivity contribution is -0.130. The molecule has 0 radical (unpaired) electrons. The summed E-state index contributed by atoms with van der Waals surface area (Å²) in [4.78, 5) is 20.8. The number of carbonyl (C=O) groups excluding carboxylic acids is 1. The van der Waals surface area contributed by atoms with Gasteiger partial charge >= 0.3 is 0 Å². The first-order valence-corrected chi connectivity index (χ1v) is 8.13. The van der Waals surface area contributed by atoms with E-state index in [9.17, 15) is 4.79 Å². The van der Waals surface area contributed by atoms with Gasteiger partial charge in [-0.2, -0.15) is 0 Å². The molecule has 2 heterocycles. The molecule has 0 spiro atoms. The number of anilines is 1. The van der Waals surface area contributed by atoms with Crippen LogP contribution in [-0.4, -0.2) is 42.0 Å². The number of aryl methyl sites for hydroxylation is 1. The molecular weight excluding hydrogens is 286 g/mol. The fourth-order valence-electron chi connectivity index (χ4n) is 3.06. The standard InChI is InChI=1S/C19H23N3O/c1-15-4-3-5-18(16(15)2)21-10-12-22(13-11-21)19(23)14-17-6-8-20-9-7-17/h3-9H,10-14H2,1-2H3. The molecule has 120 valence electrons. The topological polar surface area (TPSA) is 36.4 Å². The van der Waals surface area contributed by atoms with Crippen LogP contribution in [0.5, 0.6) is 0 Å². The van der Waals surface area contributed by atoms with Crippen LogP contribution in [-0.2, 0) is 11.2 Å². The molecule has 1 fully saturated rings. The van der Waals surface area contributed by atoms with Gasteiger partial charge in [0, 0.05) is 44.3 Å². The summed E-state index contributed by atoms with van der Waals surface area (Å²) in [6, 6.07) is 10.2. The summed E-state index contributed by atoms with van der Waals surface area (Å²) in [5.41, 5.74) is 4.98. The van der Waals surface area contributed by atoms with E-state index in [0.29, 0.717) is 6.42 Å². The van der Waals surface area contributed by atoms with Gasteiger partial charge in [0.05, 0.1) is 6.42 Å². The van der Waals surface area contributed by atoms with Gasteiger partial charge in [0.1, 0.15) is 0 Å². The third-order valence-corrected chi connectivity index (χ3v) is 4.65. The molecule has 1 aromatic heterocycles. The molecular formula is C19H23N3O. The third kappa shape index (κ3) is 3.52. The van der Waals surface area contributed by atoms with Gasteiger partial charge < -0.3 is 9.80 Å². The molecule has 2 aromatic rings. The molecule has 1 aromatic carbocycles. The number of rotatable bonds is 3. The van der Waals surface area contributed by atoms with E-state index in [0.717, 1.165) is 31.7 Å². The fourth-order valence-corrected chi connectivity index (χ4v) is 3.06. The molecule has 1 aliphatic rings. The highest BCUT2D eigenvalue weighted by molar-refractivity contribution is 5.79. The van der Waals surface area contributed by atoms with Gasteiger partial charge in [-0.25, -0.2) is 0 Å². The van der Waals surface area contributed by atoms with E-state index in [2.05, 4.69) is 41.9 Å². The van der Waals surface area contributed by atoms with Crippen LogP contribution in [0.4, 0.5) is 5.69 Å². The van der Waals surface area contributed by atoms with Crippen LogP contribution < -0.4 is 4.90 Å². The Hall–Kier alpha value is -2.36. The van der Waals surface area contributed by atoms with E-state index in [1.807, 2.05) is 17.0 Å². The van der Waals surface area contributed by atoms with Gasteiger partial charge in [0.15, 0.2) is 0 Å². The lowest BCUT2D eigenvalue weighted by Gasteiger charge is -2.37. The van der Waals surface area contributed by atoms with Gasteiger partial charge in [0.25, 0.3) is 0 Å². The smallest absolute Gasteiger partial charge is 0.227 e. The van der Waals surface area contributed by atoms with E-state index >= 15 is 0 Å². The Morgan fingerprint density at radius 3 is 2.43 bits per heavy atom. The summed E-state index contributed by atoms with van der Waals surface area (Å²) in [6.45, 7) is 7.69. The highest BCUT2D eigenvalue weighted by Gasteiger charge is 2.22. The number of piperazine rings is 1. The van der Waals surface area contributed by atoms with Crippen LogP contribution in [0.15, 0.2) is 42.7 Å². The van der Waals surface area contributed by atoms with E-state index in [1.54, 1.807) is 12.4 Å². The first-order valence-electron chi connectivity index (χ1n) is 8.13. The minimum atomic E-state index is 0.205. The number of benzene rings is 1. The Labute approximate surface area is 137 Å². The van der Waals surface area contributed by atoms with Gasteiger partial charge in [-0.05, 0) is 48.7 Å². The zero-order valence-electron chi connectivity index (χ0n) is 13.8. The number of pyridine rings is 1. The minimum Gasteiger partial charge on any atom is -0.368 e. The largest absolute Gasteiger partial charge is 0.368 e. The number of carbonyl (C=O) groups is 1. The normalized spacial score (nSPS) is 14.9. The van der Waals surface area contributed by atoms with Crippen molar-refractivity contribution in [1.82, 2.24) is 9.88 Å². The van der Waals surface area contributed by atoms with Gasteiger partial charge in [0.2, 0.25) is 5.91 Å². The Morgan fingerprint density at radius 1 is 1.04 bits per heavy atom. The Kier molecular flexibility index (Phi) is 4.60. The van der Waals surface area contributed by atoms with E-state index in [-0.39, 0.29) is 5.91 Å². The molecule has 0 unspecified atom stereocenters. The second kappa shape index (κ2) is 6.82. The van der Waals surface area contributed by atoms with E-state index in [1.165, 1.54) is 16.8 Å². The molecule has 0 N–H and O–H groups in total. The van der Waals surface area contributed by atoms with Gasteiger partial charge in [-0.1, -0.05) is 12.1 Å². The Morgan fingerprint density at radius 2 is 1.74 bits per heavy atom. The molecule has 0 saturated carbocycles. The zero-order chi connectivity index (χ0) is 16.2. The van der Waals surface area contributed by atoms with Crippen molar-refractivity contribution in [3.05, 3.63) is 59.4 Å². The molecule has 0 atom stereocenters. The lowest BCUT2D eigenvalue weighted by atomic mass is 10.1. The predicted octanol–water partition coefficient (Wildman–Crippen LogP) is 2.59. The number of hydrogen-bond acceptors (Lipinski definition) is 3. The average Bonchev–Trinajstić information content (AvgIpc) is 2.58. The van der Waals surface area contributed by atoms with Crippen molar-refractivity contribution in [3.8, 4) is 0 Å². The molecule has 1 aliphatic heterocycles. The maximum absolute atomic E-state index is 12.4. The van der Waals surface area contributed by atoms with Gasteiger partial charge in [-0.15, -0.1) is 0 Å². The van der Waals surface area contributed by atoms with Crippen LogP contribution in [0.1, 0.15) is 16.7 Å². The molecule has 0 bridgehead atoms. The van der Waals surface area contributed by atoms with Crippen molar-refractivity contribution in [1.29, 1.82) is 0 Å². The van der Waals surface area contributed by atoms with E-state index in [4.69, 9.17) is 0 Å². The average molecular weight is 309 g/mol. The minimum absolute atomic E-state index is 0.205. The van der Waals surface area contributed by atoms with Crippen molar-refractivity contribution < 1.29 is 4.79 Å². The van der Waals surface area contributed by atoms with Crippen molar-refractivity contribution in [2.24, 2.45) is 0 Å². The van der Waals surface area contributed by atoms with Crippen molar-refractivity contribution >= 4 is 11.6 Å². The number of nitrogens with zero attached hydrogens (tertiary/aromatic N) is 3. The molecule has 1 amide bonds. The van der Waals surface area contributed by atoms with Gasteiger partial charge in [-0.3, -0.25) is 9.78 Å². The first-order chi connectivity index (χ1) is 11.1. The van der Waals surface area contributed by atoms with Crippen LogP contribution in [0, 0.1) is 13.8 Å². The number of hydrogen-bond donors (Lipinski definition) is 0. The van der Waals surface area contributed by atoms with Crippen LogP contribution in [0.2, 0.25) is 0 Å². The lowest BCUT2D eigenvalue weighted by Crippen LogP contribution is -2.49. The first kappa shape index (κ1) is 15.5. The maximum atomic E-state index is 12.4. The second-order valence-corrected chi connectivity index (χ2v) is 6.12. The number of amides is 1. The molecule has 4 heteroatoms. The predicted molar refractivity (Wildman–Crippen MR) is 92.7 cm³/mol. The Balaban J connectivity index is 1.60. The van der Waals surface area contributed by atoms with Crippen molar-refractivity contribution in [2.75, 3.05) is 31.1 Å². The molecule has 1 saturated heterocycles. The monoisotopic (exact) mass is 309 g/mol. The van der Waals surface area contributed by atoms with Crippen LogP contribution in [0.25, 0.3) is 0 Å². The highest BCUT2D eigenvalue weighted by atomic mass is 16.2. The molecule has 23 heavy (non-hydrogen) atoms. The summed E-state index contributed by atoms with van der Waals surface area (Å²) in [6.07, 6.45) is 3.94. The SMILES string of the molecule is Cc1cccc(N2CCN(C(=O)Cc3ccncc3)CC2)c1C. The van der Waals surface area contributed by atoms with Crippen LogP contribution in [0.3, 0.4) is 0 Å². The third-order valence-electron chi connectivity index (χ3n) is 4.65. The summed E-state index contributed by atoms with van der Waals surface area (Å²) in [5.74, 6) is 0.205. The second-order valence-electron chi connectivity index (χ2n) is 6.12.